The topological polar surface area (TPSA) is 35.1 Å². The van der Waals surface area contributed by atoms with E-state index in [2.05, 4.69) is 180 Å². The van der Waals surface area contributed by atoms with Crippen LogP contribution in [-0.4, -0.2) is 10.4 Å². The summed E-state index contributed by atoms with van der Waals surface area (Å²) in [4.78, 5) is 13.7. The predicted molar refractivity (Wildman–Crippen MR) is 248 cm³/mol. The molecular weight excluding hydrogens is 743 g/mol. The fourth-order valence-electron chi connectivity index (χ4n) is 10.9. The monoisotopic (exact) mass is 779 g/mol. The highest BCUT2D eigenvalue weighted by atomic mass is 16.3. The minimum Gasteiger partial charge on any atom is -0.453 e. The van der Waals surface area contributed by atoms with E-state index in [1.807, 2.05) is 24.3 Å². The van der Waals surface area contributed by atoms with Gasteiger partial charge in [0, 0.05) is 38.2 Å². The molecular formula is C58H37NO2. The molecule has 0 fully saturated rings. The van der Waals surface area contributed by atoms with Crippen LogP contribution in [0.25, 0.3) is 71.7 Å². The lowest BCUT2D eigenvalue weighted by Gasteiger charge is -2.33. The fourth-order valence-corrected chi connectivity index (χ4v) is 10.9. The number of ketones is 1. The Morgan fingerprint density at radius 1 is 0.410 bits per heavy atom. The molecule has 11 aromatic rings. The molecule has 0 radical (unpaired) electrons. The van der Waals surface area contributed by atoms with Crippen molar-refractivity contribution in [1.82, 2.24) is 4.57 Å². The second-order valence-electron chi connectivity index (χ2n) is 16.6. The van der Waals surface area contributed by atoms with Crippen LogP contribution in [0.2, 0.25) is 0 Å². The Balaban J connectivity index is 1.04. The van der Waals surface area contributed by atoms with Gasteiger partial charge in [-0.2, -0.15) is 0 Å². The minimum absolute atomic E-state index is 0.104. The lowest BCUT2D eigenvalue weighted by Crippen LogP contribution is -2.28. The van der Waals surface area contributed by atoms with Gasteiger partial charge in [-0.25, -0.2) is 0 Å². The Kier molecular flexibility index (Phi) is 7.21. The Bertz CT molecular complexity index is 3570. The Labute approximate surface area is 352 Å². The van der Waals surface area contributed by atoms with Crippen LogP contribution in [0.5, 0.6) is 0 Å². The zero-order chi connectivity index (χ0) is 40.2. The summed E-state index contributed by atoms with van der Waals surface area (Å²) in [6.45, 7) is 0. The van der Waals surface area contributed by atoms with E-state index in [9.17, 15) is 4.79 Å². The first-order chi connectivity index (χ1) is 30.2. The number of rotatable bonds is 4. The maximum Gasteiger partial charge on any atom is 0.193 e. The summed E-state index contributed by atoms with van der Waals surface area (Å²) in [6, 6.07) is 72.0. The molecule has 2 aliphatic carbocycles. The van der Waals surface area contributed by atoms with E-state index >= 15 is 0 Å². The summed E-state index contributed by atoms with van der Waals surface area (Å²) in [5.41, 5.74) is 17.9. The molecule has 0 aliphatic heterocycles. The van der Waals surface area contributed by atoms with Crippen molar-refractivity contribution >= 4 is 49.5 Å². The van der Waals surface area contributed by atoms with Gasteiger partial charge in [0.05, 0.1) is 22.1 Å². The maximum absolute atomic E-state index is 13.7. The van der Waals surface area contributed by atoms with Gasteiger partial charge >= 0.3 is 0 Å². The molecule has 2 heterocycles. The zero-order valence-electron chi connectivity index (χ0n) is 33.2. The molecule has 0 saturated carbocycles. The number of carbonyl (C=O) groups excluding carboxylic acids is 1. The van der Waals surface area contributed by atoms with Crippen LogP contribution >= 0.6 is 0 Å². The first-order valence-corrected chi connectivity index (χ1v) is 21.2. The molecule has 61 heavy (non-hydrogen) atoms. The van der Waals surface area contributed by atoms with E-state index in [0.717, 1.165) is 84.9 Å². The standard InChI is InChI=1S/C58H37NO2/c60-55-41-20-8-7-15-36(41)29-30-37-33-38(31-32-42(37)55)43-23-13-24-46-47-25-14-28-53(57(47)61-56(43)46)59-52-27-12-10-22-45(52)49-34-51-48(35-54(49)59)44-21-9-11-26-50(44)58(51,39-16-3-1-4-17-39)40-18-5-2-6-19-40/h1-28,31-35H,29-30H2. The number of aromatic nitrogens is 1. The average molecular weight is 780 g/mol. The van der Waals surface area contributed by atoms with Crippen molar-refractivity contribution in [3.05, 3.63) is 245 Å². The summed E-state index contributed by atoms with van der Waals surface area (Å²) in [5.74, 6) is 0.104. The van der Waals surface area contributed by atoms with E-state index < -0.39 is 5.41 Å². The highest BCUT2D eigenvalue weighted by Gasteiger charge is 2.46. The van der Waals surface area contributed by atoms with E-state index in [4.69, 9.17) is 4.42 Å². The molecule has 0 spiro atoms. The number of fused-ring (bicyclic) bond motifs is 11. The summed E-state index contributed by atoms with van der Waals surface area (Å²) in [7, 11) is 0. The normalized spacial score (nSPS) is 13.9. The van der Waals surface area contributed by atoms with Crippen molar-refractivity contribution in [1.29, 1.82) is 0 Å². The number of para-hydroxylation sites is 3. The molecule has 0 unspecified atom stereocenters. The molecule has 0 saturated heterocycles. The first-order valence-electron chi connectivity index (χ1n) is 21.2. The van der Waals surface area contributed by atoms with Gasteiger partial charge in [0.15, 0.2) is 11.4 Å². The van der Waals surface area contributed by atoms with Gasteiger partial charge in [-0.3, -0.25) is 4.79 Å². The van der Waals surface area contributed by atoms with Crippen LogP contribution in [0.4, 0.5) is 0 Å². The molecule has 0 amide bonds. The summed E-state index contributed by atoms with van der Waals surface area (Å²) >= 11 is 0. The van der Waals surface area contributed by atoms with E-state index in [0.29, 0.717) is 0 Å². The second kappa shape index (κ2) is 12.9. The molecule has 13 rings (SSSR count). The smallest absolute Gasteiger partial charge is 0.193 e. The number of hydrogen-bond acceptors (Lipinski definition) is 2. The minimum atomic E-state index is -0.492. The highest BCUT2D eigenvalue weighted by Crippen LogP contribution is 2.57. The number of nitrogens with zero attached hydrogens (tertiary/aromatic N) is 1. The number of benzene rings is 9. The molecule has 0 atom stereocenters. The van der Waals surface area contributed by atoms with Gasteiger partial charge in [0.1, 0.15) is 5.58 Å². The van der Waals surface area contributed by atoms with Crippen LogP contribution in [0.3, 0.4) is 0 Å². The van der Waals surface area contributed by atoms with Crippen molar-refractivity contribution in [2.45, 2.75) is 18.3 Å². The largest absolute Gasteiger partial charge is 0.453 e. The number of carbonyl (C=O) groups is 1. The molecule has 3 nitrogen and oxygen atoms in total. The SMILES string of the molecule is O=C1c2ccccc2CCc2cc(-c3cccc4c3oc3c(-n5c6ccccc6c6cc7c(cc65)-c5ccccc5C7(c5ccccc5)c5ccccc5)cccc34)ccc21. The number of furan rings is 1. The summed E-state index contributed by atoms with van der Waals surface area (Å²) < 4.78 is 9.55. The fraction of sp³-hybridized carbons (Fsp3) is 0.0517. The lowest BCUT2D eigenvalue weighted by molar-refractivity contribution is 0.103. The van der Waals surface area contributed by atoms with Crippen LogP contribution in [-0.2, 0) is 18.3 Å². The first kappa shape index (κ1) is 34.1. The van der Waals surface area contributed by atoms with E-state index in [-0.39, 0.29) is 5.78 Å². The van der Waals surface area contributed by atoms with Gasteiger partial charge in [0.25, 0.3) is 0 Å². The van der Waals surface area contributed by atoms with Crippen LogP contribution < -0.4 is 0 Å². The lowest BCUT2D eigenvalue weighted by atomic mass is 9.67. The van der Waals surface area contributed by atoms with Gasteiger partial charge < -0.3 is 8.98 Å². The molecule has 0 N–H and O–H groups in total. The Hall–Kier alpha value is -7.75. The number of hydrogen-bond donors (Lipinski definition) is 0. The van der Waals surface area contributed by atoms with Crippen molar-refractivity contribution < 1.29 is 9.21 Å². The molecule has 2 aromatic heterocycles. The summed E-state index contributed by atoms with van der Waals surface area (Å²) in [6.07, 6.45) is 1.65. The molecule has 0 bridgehead atoms. The van der Waals surface area contributed by atoms with E-state index in [1.165, 1.54) is 44.2 Å². The summed E-state index contributed by atoms with van der Waals surface area (Å²) in [5, 5.41) is 4.54. The van der Waals surface area contributed by atoms with Crippen molar-refractivity contribution in [2.24, 2.45) is 0 Å². The third kappa shape index (κ3) is 4.72. The van der Waals surface area contributed by atoms with Crippen LogP contribution in [0, 0.1) is 0 Å². The van der Waals surface area contributed by atoms with Crippen LogP contribution in [0.15, 0.2) is 205 Å². The molecule has 9 aromatic carbocycles. The van der Waals surface area contributed by atoms with Gasteiger partial charge in [-0.1, -0.05) is 176 Å². The third-order valence-corrected chi connectivity index (χ3v) is 13.6. The van der Waals surface area contributed by atoms with Crippen molar-refractivity contribution in [3.63, 3.8) is 0 Å². The van der Waals surface area contributed by atoms with Gasteiger partial charge in [-0.05, 0) is 87.2 Å². The van der Waals surface area contributed by atoms with Gasteiger partial charge in [-0.15, -0.1) is 0 Å². The molecule has 2 aliphatic rings. The Morgan fingerprint density at radius 2 is 1.03 bits per heavy atom. The molecule has 3 heteroatoms. The van der Waals surface area contributed by atoms with Gasteiger partial charge in [0.2, 0.25) is 0 Å². The Morgan fingerprint density at radius 3 is 1.85 bits per heavy atom. The van der Waals surface area contributed by atoms with Crippen LogP contribution in [0.1, 0.15) is 49.3 Å². The maximum atomic E-state index is 13.7. The zero-order valence-corrected chi connectivity index (χ0v) is 33.2. The second-order valence-corrected chi connectivity index (χ2v) is 16.6. The predicted octanol–water partition coefficient (Wildman–Crippen LogP) is 14.0. The number of aryl methyl sites for hydroxylation is 2. The van der Waals surface area contributed by atoms with E-state index in [1.54, 1.807) is 0 Å². The quantitative estimate of drug-likeness (QED) is 0.178. The third-order valence-electron chi connectivity index (χ3n) is 13.6. The highest BCUT2D eigenvalue weighted by molar-refractivity contribution is 6.16. The average Bonchev–Trinajstić information content (AvgIpc) is 3.93. The van der Waals surface area contributed by atoms with Crippen molar-refractivity contribution in [3.8, 4) is 27.9 Å². The molecule has 286 valence electrons. The van der Waals surface area contributed by atoms with Crippen molar-refractivity contribution in [2.75, 3.05) is 0 Å².